The Balaban J connectivity index is 5.13. The van der Waals surface area contributed by atoms with Crippen LogP contribution in [0.2, 0.25) is 0 Å². The van der Waals surface area contributed by atoms with Gasteiger partial charge in [0.1, 0.15) is 0 Å². The fourth-order valence-corrected chi connectivity index (χ4v) is 2.22. The first-order valence-corrected chi connectivity index (χ1v) is 5.80. The number of rotatable bonds is 6. The molecule has 0 aromatic carbocycles. The highest BCUT2D eigenvalue weighted by molar-refractivity contribution is 7.74. The van der Waals surface area contributed by atoms with Crippen molar-refractivity contribution in [2.45, 2.75) is 13.8 Å². The second-order valence-corrected chi connectivity index (χ2v) is 4.18. The van der Waals surface area contributed by atoms with Crippen molar-refractivity contribution in [3.8, 4) is 0 Å². The third-order valence-electron chi connectivity index (χ3n) is 1.32. The molecule has 0 rings (SSSR count). The minimum Gasteiger partial charge on any atom is -0.460 e. The highest BCUT2D eigenvalue weighted by Crippen LogP contribution is 2.49. The lowest BCUT2D eigenvalue weighted by Crippen LogP contribution is -2.20. The van der Waals surface area contributed by atoms with Crippen molar-refractivity contribution >= 4 is 19.0 Å². The molecule has 0 aliphatic heterocycles. The number of methoxy groups -OCH3 is 1. The Labute approximate surface area is 87.5 Å². The van der Waals surface area contributed by atoms with Crippen LogP contribution in [0.5, 0.6) is 0 Å². The highest BCUT2D eigenvalue weighted by atomic mass is 31.2. The molecule has 0 amide bonds. The van der Waals surface area contributed by atoms with Gasteiger partial charge in [-0.25, -0.2) is 9.36 Å². The Kier molecular flexibility index (Phi) is 6.05. The molecule has 0 unspecified atom stereocenters. The van der Waals surface area contributed by atoms with E-state index in [0.29, 0.717) is 0 Å². The van der Waals surface area contributed by atoms with Crippen LogP contribution in [0, 0.1) is 0 Å². The van der Waals surface area contributed by atoms with Gasteiger partial charge in [0, 0.05) is 0 Å². The van der Waals surface area contributed by atoms with Crippen LogP contribution in [-0.2, 0) is 23.1 Å². The second-order valence-electron chi connectivity index (χ2n) is 2.25. The first kappa shape index (κ1) is 14.0. The normalized spacial score (nSPS) is 10.6. The quantitative estimate of drug-likeness (QED) is 0.226. The van der Waals surface area contributed by atoms with E-state index in [2.05, 4.69) is 9.53 Å². The topological polar surface area (TPSA) is 98.2 Å². The minimum absolute atomic E-state index is 0.0489. The molecular formula is C7H13N2O5P. The molecule has 0 heterocycles. The summed E-state index contributed by atoms with van der Waals surface area (Å²) in [5.41, 5.74) is 7.82. The maximum atomic E-state index is 11.9. The molecular weight excluding hydrogens is 223 g/mol. The van der Waals surface area contributed by atoms with Crippen LogP contribution in [0.3, 0.4) is 0 Å². The van der Waals surface area contributed by atoms with Gasteiger partial charge in [0.25, 0.3) is 0 Å². The summed E-state index contributed by atoms with van der Waals surface area (Å²) in [7, 11) is -2.81. The zero-order valence-corrected chi connectivity index (χ0v) is 9.69. The van der Waals surface area contributed by atoms with E-state index in [9.17, 15) is 9.36 Å². The molecule has 0 saturated carbocycles. The zero-order valence-electron chi connectivity index (χ0n) is 8.80. The largest absolute Gasteiger partial charge is 0.484 e. The SMILES string of the molecule is CCOP(=O)(OCC)C(=[N+]=[N-])C(=O)OC. The Morgan fingerprint density at radius 2 is 1.80 bits per heavy atom. The van der Waals surface area contributed by atoms with Crippen LogP contribution in [0.4, 0.5) is 0 Å². The number of hydrogen-bond donors (Lipinski definition) is 0. The van der Waals surface area contributed by atoms with Crippen molar-refractivity contribution < 1.29 is 27.9 Å². The third kappa shape index (κ3) is 3.57. The minimum atomic E-state index is -3.88. The van der Waals surface area contributed by atoms with Crippen LogP contribution in [0.25, 0.3) is 5.53 Å². The van der Waals surface area contributed by atoms with Gasteiger partial charge in [-0.15, -0.1) is 4.79 Å². The number of esters is 1. The highest BCUT2D eigenvalue weighted by Gasteiger charge is 2.46. The molecule has 0 N–H and O–H groups in total. The molecule has 0 saturated heterocycles. The van der Waals surface area contributed by atoms with Crippen molar-refractivity contribution in [2.75, 3.05) is 20.3 Å². The van der Waals surface area contributed by atoms with Crippen LogP contribution in [0.1, 0.15) is 13.8 Å². The molecule has 0 aliphatic rings. The Morgan fingerprint density at radius 1 is 1.33 bits per heavy atom. The molecule has 0 aromatic heterocycles. The average Bonchev–Trinajstić information content (AvgIpc) is 2.19. The van der Waals surface area contributed by atoms with E-state index >= 15 is 0 Å². The van der Waals surface area contributed by atoms with Crippen LogP contribution < -0.4 is 0 Å². The third-order valence-corrected chi connectivity index (χ3v) is 3.31. The first-order valence-electron chi connectivity index (χ1n) is 4.25. The molecule has 0 spiro atoms. The van der Waals surface area contributed by atoms with Crippen molar-refractivity contribution in [3.05, 3.63) is 5.53 Å². The van der Waals surface area contributed by atoms with E-state index in [1.54, 1.807) is 13.8 Å². The van der Waals surface area contributed by atoms with Crippen molar-refractivity contribution in [2.24, 2.45) is 0 Å². The summed E-state index contributed by atoms with van der Waals surface area (Å²) >= 11 is 0. The molecule has 0 atom stereocenters. The molecule has 86 valence electrons. The number of hydrogen-bond acceptors (Lipinski definition) is 5. The number of carbonyl (C=O) groups is 1. The zero-order chi connectivity index (χ0) is 11.9. The summed E-state index contributed by atoms with van der Waals surface area (Å²) in [4.78, 5) is 13.7. The van der Waals surface area contributed by atoms with Crippen LogP contribution >= 0.6 is 7.60 Å². The standard InChI is InChI=1S/C7H13N2O5P/c1-4-13-15(11,14-5-2)6(9-8)7(10)12-3/h4-5H2,1-3H3. The van der Waals surface area contributed by atoms with Gasteiger partial charge in [-0.2, -0.15) is 0 Å². The number of ether oxygens (including phenoxy) is 1. The summed E-state index contributed by atoms with van der Waals surface area (Å²) in [6.45, 7) is 3.23. The maximum absolute atomic E-state index is 11.9. The lowest BCUT2D eigenvalue weighted by Gasteiger charge is -2.10. The van der Waals surface area contributed by atoms with Gasteiger partial charge in [0.05, 0.1) is 20.3 Å². The summed E-state index contributed by atoms with van der Waals surface area (Å²) in [5.74, 6) is -1.05. The van der Waals surface area contributed by atoms with Crippen LogP contribution in [-0.4, -0.2) is 36.5 Å². The summed E-state index contributed by atoms with van der Waals surface area (Å²) in [5, 5.41) is 0. The van der Waals surface area contributed by atoms with E-state index < -0.39 is 19.0 Å². The van der Waals surface area contributed by atoms with Gasteiger partial charge in [0.2, 0.25) is 0 Å². The molecule has 0 bridgehead atoms. The summed E-state index contributed by atoms with van der Waals surface area (Å²) in [6.07, 6.45) is 0. The number of carbonyl (C=O) groups excluding carboxylic acids is 1. The van der Waals surface area contributed by atoms with Crippen molar-refractivity contribution in [1.82, 2.24) is 0 Å². The van der Waals surface area contributed by atoms with Gasteiger partial charge < -0.3 is 19.3 Å². The molecule has 8 heteroatoms. The predicted molar refractivity (Wildman–Crippen MR) is 51.5 cm³/mol. The predicted octanol–water partition coefficient (Wildman–Crippen LogP) is 1.05. The van der Waals surface area contributed by atoms with Gasteiger partial charge in [-0.05, 0) is 13.8 Å². The maximum Gasteiger partial charge on any atom is 0.484 e. The van der Waals surface area contributed by atoms with Crippen molar-refractivity contribution in [3.63, 3.8) is 0 Å². The second kappa shape index (κ2) is 6.48. The Bertz CT molecular complexity index is 313. The van der Waals surface area contributed by atoms with Crippen LogP contribution in [0.15, 0.2) is 0 Å². The van der Waals surface area contributed by atoms with Crippen molar-refractivity contribution in [1.29, 1.82) is 0 Å². The monoisotopic (exact) mass is 236 g/mol. The fourth-order valence-electron chi connectivity index (χ4n) is 0.798. The average molecular weight is 236 g/mol. The molecule has 0 fully saturated rings. The molecule has 0 aromatic rings. The smallest absolute Gasteiger partial charge is 0.460 e. The first-order chi connectivity index (χ1) is 7.05. The molecule has 15 heavy (non-hydrogen) atoms. The molecule has 7 nitrogen and oxygen atoms in total. The van der Waals surface area contributed by atoms with Gasteiger partial charge in [-0.3, -0.25) is 0 Å². The van der Waals surface area contributed by atoms with Gasteiger partial charge in [0.15, 0.2) is 0 Å². The lowest BCUT2D eigenvalue weighted by molar-refractivity contribution is -0.136. The van der Waals surface area contributed by atoms with E-state index in [0.717, 1.165) is 7.11 Å². The lowest BCUT2D eigenvalue weighted by atomic mass is 10.7. The van der Waals surface area contributed by atoms with E-state index in [-0.39, 0.29) is 13.2 Å². The summed E-state index contributed by atoms with van der Waals surface area (Å²) in [6, 6.07) is 0. The summed E-state index contributed by atoms with van der Waals surface area (Å²) < 4.78 is 25.8. The molecule has 0 aliphatic carbocycles. The molecule has 0 radical (unpaired) electrons. The Morgan fingerprint density at radius 3 is 2.07 bits per heavy atom. The Hall–Kier alpha value is -1.00. The van der Waals surface area contributed by atoms with E-state index in [4.69, 9.17) is 14.6 Å². The van der Waals surface area contributed by atoms with E-state index in [1.807, 2.05) is 0 Å². The van der Waals surface area contributed by atoms with Gasteiger partial charge in [-0.1, -0.05) is 0 Å². The fraction of sp³-hybridized carbons (Fsp3) is 0.714. The van der Waals surface area contributed by atoms with E-state index in [1.165, 1.54) is 0 Å². The number of nitrogens with zero attached hydrogens (tertiary/aromatic N) is 2. The van der Waals surface area contributed by atoms with Gasteiger partial charge >= 0.3 is 19.0 Å².